The highest BCUT2D eigenvalue weighted by molar-refractivity contribution is 7.13. The zero-order valence-electron chi connectivity index (χ0n) is 18.7. The Kier molecular flexibility index (Phi) is 6.51. The van der Waals surface area contributed by atoms with Crippen LogP contribution in [-0.4, -0.2) is 59.3 Å². The van der Waals surface area contributed by atoms with Gasteiger partial charge in [0.25, 0.3) is 0 Å². The van der Waals surface area contributed by atoms with E-state index in [-0.39, 0.29) is 11.8 Å². The first kappa shape index (κ1) is 21.8. The Balaban J connectivity index is 1.10. The molecule has 0 aliphatic carbocycles. The standard InChI is InChI=1S/C26H28N4O2S/c31-24-7-4-12-30(24)23-10-8-20(9-11-23)17-25(32)29-15-13-28(14-16-29)18-22-19-33-26(27-22)21-5-2-1-3-6-21/h1-3,5-6,8-11,19H,4,7,12-18H2. The Morgan fingerprint density at radius 2 is 1.70 bits per heavy atom. The van der Waals surface area contributed by atoms with E-state index < -0.39 is 0 Å². The maximum absolute atomic E-state index is 12.8. The lowest BCUT2D eigenvalue weighted by Crippen LogP contribution is -2.48. The van der Waals surface area contributed by atoms with E-state index in [0.29, 0.717) is 12.8 Å². The monoisotopic (exact) mass is 460 g/mol. The molecule has 2 saturated heterocycles. The maximum atomic E-state index is 12.8. The molecule has 2 fully saturated rings. The summed E-state index contributed by atoms with van der Waals surface area (Å²) >= 11 is 1.68. The Morgan fingerprint density at radius 1 is 0.939 bits per heavy atom. The van der Waals surface area contributed by atoms with Crippen molar-refractivity contribution in [2.75, 3.05) is 37.6 Å². The molecule has 0 saturated carbocycles. The number of piperazine rings is 1. The largest absolute Gasteiger partial charge is 0.340 e. The number of carbonyl (C=O) groups excluding carboxylic acids is 2. The fraction of sp³-hybridized carbons (Fsp3) is 0.346. The van der Waals surface area contributed by atoms with Gasteiger partial charge >= 0.3 is 0 Å². The average Bonchev–Trinajstić information content (AvgIpc) is 3.50. The summed E-state index contributed by atoms with van der Waals surface area (Å²) in [6.07, 6.45) is 1.95. The smallest absolute Gasteiger partial charge is 0.227 e. The van der Waals surface area contributed by atoms with Gasteiger partial charge in [0, 0.05) is 62.3 Å². The third-order valence-electron chi connectivity index (χ3n) is 6.36. The number of carbonyl (C=O) groups is 2. The van der Waals surface area contributed by atoms with Crippen molar-refractivity contribution in [1.82, 2.24) is 14.8 Å². The predicted octanol–water partition coefficient (Wildman–Crippen LogP) is 3.82. The van der Waals surface area contributed by atoms with Crippen molar-refractivity contribution in [3.8, 4) is 10.6 Å². The van der Waals surface area contributed by atoms with E-state index in [9.17, 15) is 9.59 Å². The zero-order valence-corrected chi connectivity index (χ0v) is 19.5. The average molecular weight is 461 g/mol. The van der Waals surface area contributed by atoms with Crippen LogP contribution in [0.1, 0.15) is 24.1 Å². The lowest BCUT2D eigenvalue weighted by molar-refractivity contribution is -0.132. The number of thiazole rings is 1. The molecular weight excluding hydrogens is 432 g/mol. The minimum atomic E-state index is 0.166. The van der Waals surface area contributed by atoms with Crippen LogP contribution in [0, 0.1) is 0 Å². The number of amides is 2. The van der Waals surface area contributed by atoms with Gasteiger partial charge in [0.15, 0.2) is 0 Å². The molecule has 33 heavy (non-hydrogen) atoms. The van der Waals surface area contributed by atoms with Gasteiger partial charge in [0.1, 0.15) is 5.01 Å². The Bertz CT molecular complexity index is 1100. The van der Waals surface area contributed by atoms with Gasteiger partial charge in [0.2, 0.25) is 11.8 Å². The molecule has 1 aromatic heterocycles. The van der Waals surface area contributed by atoms with Gasteiger partial charge < -0.3 is 9.80 Å². The van der Waals surface area contributed by atoms with Crippen molar-refractivity contribution < 1.29 is 9.59 Å². The lowest BCUT2D eigenvalue weighted by Gasteiger charge is -2.34. The van der Waals surface area contributed by atoms with Crippen LogP contribution in [0.2, 0.25) is 0 Å². The number of anilines is 1. The summed E-state index contributed by atoms with van der Waals surface area (Å²) in [7, 11) is 0. The van der Waals surface area contributed by atoms with Crippen molar-refractivity contribution in [3.05, 3.63) is 71.2 Å². The predicted molar refractivity (Wildman–Crippen MR) is 131 cm³/mol. The first-order valence-corrected chi connectivity index (χ1v) is 12.4. The molecule has 0 spiro atoms. The van der Waals surface area contributed by atoms with Crippen molar-refractivity contribution in [3.63, 3.8) is 0 Å². The van der Waals surface area contributed by atoms with Gasteiger partial charge in [0.05, 0.1) is 12.1 Å². The van der Waals surface area contributed by atoms with Crippen molar-refractivity contribution in [2.45, 2.75) is 25.8 Å². The highest BCUT2D eigenvalue weighted by Gasteiger charge is 2.23. The van der Waals surface area contributed by atoms with Crippen LogP contribution in [0.15, 0.2) is 60.0 Å². The molecule has 2 aliphatic rings. The van der Waals surface area contributed by atoms with Crippen LogP contribution in [0.5, 0.6) is 0 Å². The molecule has 6 nitrogen and oxygen atoms in total. The topological polar surface area (TPSA) is 56.8 Å². The van der Waals surface area contributed by atoms with Crippen molar-refractivity contribution >= 4 is 28.8 Å². The second kappa shape index (κ2) is 9.85. The summed E-state index contributed by atoms with van der Waals surface area (Å²) in [5.74, 6) is 0.352. The van der Waals surface area contributed by atoms with Crippen LogP contribution in [0.25, 0.3) is 10.6 Å². The second-order valence-corrected chi connectivity index (χ2v) is 9.52. The number of hydrogen-bond donors (Lipinski definition) is 0. The summed E-state index contributed by atoms with van der Waals surface area (Å²) in [5.41, 5.74) is 4.17. The summed E-state index contributed by atoms with van der Waals surface area (Å²) in [5, 5.41) is 3.19. The molecule has 0 atom stereocenters. The minimum absolute atomic E-state index is 0.166. The molecule has 0 N–H and O–H groups in total. The maximum Gasteiger partial charge on any atom is 0.227 e. The van der Waals surface area contributed by atoms with E-state index in [4.69, 9.17) is 4.98 Å². The van der Waals surface area contributed by atoms with Crippen LogP contribution in [0.4, 0.5) is 5.69 Å². The van der Waals surface area contributed by atoms with E-state index in [1.807, 2.05) is 52.3 Å². The van der Waals surface area contributed by atoms with Crippen LogP contribution in [-0.2, 0) is 22.6 Å². The molecule has 0 radical (unpaired) electrons. The number of hydrogen-bond acceptors (Lipinski definition) is 5. The lowest BCUT2D eigenvalue weighted by atomic mass is 10.1. The molecule has 7 heteroatoms. The van der Waals surface area contributed by atoms with Crippen LogP contribution in [0.3, 0.4) is 0 Å². The normalized spacial score (nSPS) is 17.0. The molecule has 5 rings (SSSR count). The van der Waals surface area contributed by atoms with Crippen molar-refractivity contribution in [2.24, 2.45) is 0 Å². The fourth-order valence-corrected chi connectivity index (χ4v) is 5.30. The minimum Gasteiger partial charge on any atom is -0.340 e. The van der Waals surface area contributed by atoms with E-state index in [2.05, 4.69) is 22.4 Å². The number of aromatic nitrogens is 1. The van der Waals surface area contributed by atoms with Crippen molar-refractivity contribution in [1.29, 1.82) is 0 Å². The van der Waals surface area contributed by atoms with Crippen LogP contribution < -0.4 is 4.90 Å². The van der Waals surface area contributed by atoms with Gasteiger partial charge in [-0.25, -0.2) is 4.98 Å². The molecule has 2 amide bonds. The first-order chi connectivity index (χ1) is 16.2. The molecule has 3 heterocycles. The number of benzene rings is 2. The number of nitrogens with zero attached hydrogens (tertiary/aromatic N) is 4. The second-order valence-electron chi connectivity index (χ2n) is 8.66. The van der Waals surface area contributed by atoms with E-state index >= 15 is 0 Å². The van der Waals surface area contributed by atoms with E-state index in [0.717, 1.165) is 73.2 Å². The van der Waals surface area contributed by atoms with Gasteiger partial charge in [-0.2, -0.15) is 0 Å². The third kappa shape index (κ3) is 5.15. The highest BCUT2D eigenvalue weighted by Crippen LogP contribution is 2.24. The Labute approximate surface area is 198 Å². The molecule has 0 unspecified atom stereocenters. The van der Waals surface area contributed by atoms with Gasteiger partial charge in [-0.3, -0.25) is 14.5 Å². The molecular formula is C26H28N4O2S. The summed E-state index contributed by atoms with van der Waals surface area (Å²) < 4.78 is 0. The van der Waals surface area contributed by atoms with Gasteiger partial charge in [-0.05, 0) is 24.1 Å². The Morgan fingerprint density at radius 3 is 2.39 bits per heavy atom. The molecule has 3 aromatic rings. The summed E-state index contributed by atoms with van der Waals surface area (Å²) in [6.45, 7) is 4.82. The van der Waals surface area contributed by atoms with E-state index in [1.165, 1.54) is 0 Å². The molecule has 2 aliphatic heterocycles. The van der Waals surface area contributed by atoms with Crippen LogP contribution >= 0.6 is 11.3 Å². The number of rotatable bonds is 6. The molecule has 170 valence electrons. The molecule has 0 bridgehead atoms. The summed E-state index contributed by atoms with van der Waals surface area (Å²) in [4.78, 5) is 35.7. The Hall–Kier alpha value is -3.03. The highest BCUT2D eigenvalue weighted by atomic mass is 32.1. The summed E-state index contributed by atoms with van der Waals surface area (Å²) in [6, 6.07) is 18.1. The van der Waals surface area contributed by atoms with E-state index in [1.54, 1.807) is 11.3 Å². The zero-order chi connectivity index (χ0) is 22.6. The van der Waals surface area contributed by atoms with Gasteiger partial charge in [-0.1, -0.05) is 42.5 Å². The van der Waals surface area contributed by atoms with Gasteiger partial charge in [-0.15, -0.1) is 11.3 Å². The quantitative estimate of drug-likeness (QED) is 0.561. The SMILES string of the molecule is O=C(Cc1ccc(N2CCCC2=O)cc1)N1CCN(Cc2csc(-c3ccccc3)n2)CC1. The first-order valence-electron chi connectivity index (χ1n) is 11.5. The molecule has 2 aromatic carbocycles. The third-order valence-corrected chi connectivity index (χ3v) is 7.30. The fourth-order valence-electron chi connectivity index (χ4n) is 4.48.